The lowest BCUT2D eigenvalue weighted by atomic mass is 9.90. The molecule has 1 aliphatic carbocycles. The van der Waals surface area contributed by atoms with Crippen LogP contribution in [0, 0.1) is 0 Å². The van der Waals surface area contributed by atoms with Crippen molar-refractivity contribution in [2.24, 2.45) is 0 Å². The summed E-state index contributed by atoms with van der Waals surface area (Å²) in [6.07, 6.45) is 4.54. The van der Waals surface area contributed by atoms with E-state index < -0.39 is 11.5 Å². The van der Waals surface area contributed by atoms with Gasteiger partial charge in [0.1, 0.15) is 5.56 Å². The minimum atomic E-state index is -1.21. The molecule has 0 atom stereocenters. The zero-order chi connectivity index (χ0) is 15.7. The van der Waals surface area contributed by atoms with E-state index >= 15 is 0 Å². The number of hydrogen-bond acceptors (Lipinski definition) is 3. The highest BCUT2D eigenvalue weighted by molar-refractivity contribution is 5.88. The molecule has 0 saturated carbocycles. The molecule has 1 heterocycles. The summed E-state index contributed by atoms with van der Waals surface area (Å²) >= 11 is 0. The fourth-order valence-corrected chi connectivity index (χ4v) is 2.94. The smallest absolute Gasteiger partial charge is 0.341 e. The van der Waals surface area contributed by atoms with E-state index in [1.54, 1.807) is 6.92 Å². The molecule has 1 aromatic carbocycles. The molecule has 0 spiro atoms. The number of carboxylic acid groups (broad SMARTS) is 1. The number of carbonyl (C=O) groups is 1. The van der Waals surface area contributed by atoms with Gasteiger partial charge < -0.3 is 5.11 Å². The molecule has 0 bridgehead atoms. The molecule has 2 aromatic rings. The number of fused-ring (bicyclic) bond motifs is 1. The lowest BCUT2D eigenvalue weighted by molar-refractivity contribution is 0.0693. The molecule has 5 heteroatoms. The Hall–Kier alpha value is -2.43. The summed E-state index contributed by atoms with van der Waals surface area (Å²) in [5.74, 6) is -1.21. The van der Waals surface area contributed by atoms with E-state index in [4.69, 9.17) is 0 Å². The largest absolute Gasteiger partial charge is 0.477 e. The fraction of sp³-hybridized carbons (Fsp3) is 0.353. The minimum absolute atomic E-state index is 0.232. The molecular weight excluding hydrogens is 280 g/mol. The molecule has 0 saturated heterocycles. The van der Waals surface area contributed by atoms with Crippen molar-refractivity contribution in [1.82, 2.24) is 9.78 Å². The van der Waals surface area contributed by atoms with Gasteiger partial charge in [0.2, 0.25) is 0 Å². The van der Waals surface area contributed by atoms with Gasteiger partial charge >= 0.3 is 5.97 Å². The normalized spacial score (nSPS) is 13.7. The van der Waals surface area contributed by atoms with Crippen molar-refractivity contribution in [3.05, 3.63) is 51.3 Å². The molecule has 0 aliphatic heterocycles. The number of nitrogens with zero attached hydrogens (tertiary/aromatic N) is 2. The Bertz CT molecular complexity index is 793. The third-order valence-corrected chi connectivity index (χ3v) is 4.15. The Labute approximate surface area is 128 Å². The van der Waals surface area contributed by atoms with Crippen LogP contribution < -0.4 is 5.56 Å². The van der Waals surface area contributed by atoms with E-state index in [2.05, 4.69) is 17.2 Å². The summed E-state index contributed by atoms with van der Waals surface area (Å²) in [6, 6.07) is 7.50. The quantitative estimate of drug-likeness (QED) is 0.945. The third-order valence-electron chi connectivity index (χ3n) is 4.15. The monoisotopic (exact) mass is 298 g/mol. The molecule has 1 aliphatic rings. The van der Waals surface area contributed by atoms with Crippen LogP contribution >= 0.6 is 0 Å². The molecular formula is C17H18N2O3. The van der Waals surface area contributed by atoms with Crippen molar-refractivity contribution in [3.8, 4) is 11.3 Å². The summed E-state index contributed by atoms with van der Waals surface area (Å²) in [5, 5.41) is 13.5. The van der Waals surface area contributed by atoms with Gasteiger partial charge in [-0.1, -0.05) is 12.1 Å². The van der Waals surface area contributed by atoms with Gasteiger partial charge in [0, 0.05) is 12.1 Å². The Morgan fingerprint density at radius 1 is 1.23 bits per heavy atom. The van der Waals surface area contributed by atoms with E-state index in [1.807, 2.05) is 6.07 Å². The van der Waals surface area contributed by atoms with Crippen LogP contribution in [0.4, 0.5) is 0 Å². The second kappa shape index (κ2) is 5.75. The van der Waals surface area contributed by atoms with Gasteiger partial charge in [-0.15, -0.1) is 0 Å². The van der Waals surface area contributed by atoms with Crippen molar-refractivity contribution in [1.29, 1.82) is 0 Å². The molecule has 0 radical (unpaired) electrons. The summed E-state index contributed by atoms with van der Waals surface area (Å²) in [6.45, 7) is 2.12. The van der Waals surface area contributed by atoms with Gasteiger partial charge in [0.05, 0.1) is 5.69 Å². The van der Waals surface area contributed by atoms with Crippen LogP contribution in [-0.2, 0) is 19.4 Å². The van der Waals surface area contributed by atoms with Crippen molar-refractivity contribution < 1.29 is 9.90 Å². The van der Waals surface area contributed by atoms with E-state index in [-0.39, 0.29) is 5.56 Å². The number of aryl methyl sites for hydroxylation is 3. The molecule has 114 valence electrons. The second-order valence-corrected chi connectivity index (χ2v) is 5.56. The standard InChI is InChI=1S/C17H18N2O3/c1-2-19-16(20)14(17(21)22)10-15(18-19)13-8-7-11-5-3-4-6-12(11)9-13/h7-10H,2-6H2,1H3,(H,21,22). The topological polar surface area (TPSA) is 72.2 Å². The summed E-state index contributed by atoms with van der Waals surface area (Å²) in [4.78, 5) is 23.2. The summed E-state index contributed by atoms with van der Waals surface area (Å²) in [5.41, 5.74) is 3.27. The number of carboxylic acids is 1. The third kappa shape index (κ3) is 2.54. The number of aromatic nitrogens is 2. The van der Waals surface area contributed by atoms with Crippen LogP contribution in [0.25, 0.3) is 11.3 Å². The number of hydrogen-bond donors (Lipinski definition) is 1. The van der Waals surface area contributed by atoms with Crippen LogP contribution in [0.2, 0.25) is 0 Å². The van der Waals surface area contributed by atoms with E-state index in [0.717, 1.165) is 18.4 Å². The van der Waals surface area contributed by atoms with Gasteiger partial charge in [0.15, 0.2) is 0 Å². The van der Waals surface area contributed by atoms with Crippen LogP contribution in [0.3, 0.4) is 0 Å². The van der Waals surface area contributed by atoms with Gasteiger partial charge in [-0.2, -0.15) is 5.10 Å². The second-order valence-electron chi connectivity index (χ2n) is 5.56. The molecule has 1 aromatic heterocycles. The Morgan fingerprint density at radius 2 is 1.95 bits per heavy atom. The van der Waals surface area contributed by atoms with Gasteiger partial charge in [-0.3, -0.25) is 4.79 Å². The summed E-state index contributed by atoms with van der Waals surface area (Å²) in [7, 11) is 0. The van der Waals surface area contributed by atoms with Gasteiger partial charge in [-0.25, -0.2) is 9.48 Å². The van der Waals surface area contributed by atoms with Crippen LogP contribution in [-0.4, -0.2) is 20.9 Å². The lowest BCUT2D eigenvalue weighted by Crippen LogP contribution is -2.28. The predicted molar refractivity (Wildman–Crippen MR) is 83.2 cm³/mol. The fourth-order valence-electron chi connectivity index (χ4n) is 2.94. The van der Waals surface area contributed by atoms with Gasteiger partial charge in [0.25, 0.3) is 5.56 Å². The molecule has 0 unspecified atom stereocenters. The van der Waals surface area contributed by atoms with E-state index in [0.29, 0.717) is 12.2 Å². The highest BCUT2D eigenvalue weighted by Crippen LogP contribution is 2.26. The average Bonchev–Trinajstić information content (AvgIpc) is 2.54. The zero-order valence-electron chi connectivity index (χ0n) is 12.5. The SMILES string of the molecule is CCn1nc(-c2ccc3c(c2)CCCC3)cc(C(=O)O)c1=O. The molecule has 5 nitrogen and oxygen atoms in total. The lowest BCUT2D eigenvalue weighted by Gasteiger charge is -2.16. The predicted octanol–water partition coefficient (Wildman–Crippen LogP) is 2.51. The number of benzene rings is 1. The Morgan fingerprint density at radius 3 is 2.64 bits per heavy atom. The highest BCUT2D eigenvalue weighted by atomic mass is 16.4. The molecule has 22 heavy (non-hydrogen) atoms. The molecule has 0 fully saturated rings. The maximum atomic E-state index is 12.0. The van der Waals surface area contributed by atoms with Crippen molar-refractivity contribution in [2.75, 3.05) is 0 Å². The van der Waals surface area contributed by atoms with Crippen molar-refractivity contribution in [3.63, 3.8) is 0 Å². The average molecular weight is 298 g/mol. The van der Waals surface area contributed by atoms with Crippen LogP contribution in [0.5, 0.6) is 0 Å². The van der Waals surface area contributed by atoms with Crippen LogP contribution in [0.15, 0.2) is 29.1 Å². The number of aromatic carboxylic acids is 1. The Balaban J connectivity index is 2.13. The first-order chi connectivity index (χ1) is 10.6. The van der Waals surface area contributed by atoms with Crippen LogP contribution in [0.1, 0.15) is 41.3 Å². The molecule has 1 N–H and O–H groups in total. The first kappa shape index (κ1) is 14.5. The highest BCUT2D eigenvalue weighted by Gasteiger charge is 2.16. The van der Waals surface area contributed by atoms with Gasteiger partial charge in [-0.05, 0) is 55.9 Å². The zero-order valence-corrected chi connectivity index (χ0v) is 12.5. The van der Waals surface area contributed by atoms with E-state index in [1.165, 1.54) is 34.7 Å². The maximum Gasteiger partial charge on any atom is 0.341 e. The van der Waals surface area contributed by atoms with Crippen molar-refractivity contribution in [2.45, 2.75) is 39.2 Å². The molecule has 3 rings (SSSR count). The Kier molecular flexibility index (Phi) is 3.79. The molecule has 0 amide bonds. The first-order valence-electron chi connectivity index (χ1n) is 7.57. The number of rotatable bonds is 3. The van der Waals surface area contributed by atoms with E-state index in [9.17, 15) is 14.7 Å². The summed E-state index contributed by atoms with van der Waals surface area (Å²) < 4.78 is 1.21. The maximum absolute atomic E-state index is 12.0. The first-order valence-corrected chi connectivity index (χ1v) is 7.57. The van der Waals surface area contributed by atoms with Crippen molar-refractivity contribution >= 4 is 5.97 Å². The minimum Gasteiger partial charge on any atom is -0.477 e.